The van der Waals surface area contributed by atoms with Crippen molar-refractivity contribution in [3.63, 3.8) is 0 Å². The first kappa shape index (κ1) is 46.9. The highest BCUT2D eigenvalue weighted by Crippen LogP contribution is 2.32. The number of aryl methyl sites for hydroxylation is 2. The van der Waals surface area contributed by atoms with Gasteiger partial charge in [0.15, 0.2) is 28.7 Å². The average molecular weight is 977 g/mol. The molecule has 0 saturated heterocycles. The number of halogens is 2. The summed E-state index contributed by atoms with van der Waals surface area (Å²) in [6.45, 7) is 11.4. The molecule has 4 heterocycles. The highest BCUT2D eigenvalue weighted by atomic mass is 79.9. The Bertz CT molecular complexity index is 2990. The van der Waals surface area contributed by atoms with Crippen LogP contribution in [0.15, 0.2) is 83.7 Å². The van der Waals surface area contributed by atoms with Crippen LogP contribution in [0.2, 0.25) is 0 Å². The molecule has 0 bridgehead atoms. The van der Waals surface area contributed by atoms with Gasteiger partial charge < -0.3 is 41.5 Å². The third-order valence-electron chi connectivity index (χ3n) is 11.1. The first-order valence-corrected chi connectivity index (χ1v) is 22.9. The molecule has 16 nitrogen and oxygen atoms in total. The van der Waals surface area contributed by atoms with Gasteiger partial charge in [0.05, 0.1) is 53.5 Å². The monoisotopic (exact) mass is 975 g/mol. The number of carbonyl (C=O) groups is 2. The van der Waals surface area contributed by atoms with E-state index in [9.17, 15) is 24.2 Å². The van der Waals surface area contributed by atoms with Gasteiger partial charge >= 0.3 is 0 Å². The molecule has 7 aromatic rings. The number of ether oxygens (including phenoxy) is 1. The molecule has 2 aliphatic carbocycles. The Kier molecular flexibility index (Phi) is 13.2. The minimum Gasteiger partial charge on any atom is -0.494 e. The van der Waals surface area contributed by atoms with Gasteiger partial charge in [-0.2, -0.15) is 5.10 Å². The van der Waals surface area contributed by atoms with Crippen LogP contribution in [0.3, 0.4) is 0 Å². The van der Waals surface area contributed by atoms with Crippen LogP contribution in [0.4, 0.5) is 27.3 Å². The molecular formula is C49H55BrFN11O5. The summed E-state index contributed by atoms with van der Waals surface area (Å²) >= 11 is 3.45. The number of methoxy groups -OCH3 is 1. The third-order valence-corrected chi connectivity index (χ3v) is 11.5. The lowest BCUT2D eigenvalue weighted by Gasteiger charge is -2.19. The fourth-order valence-corrected chi connectivity index (χ4v) is 7.66. The van der Waals surface area contributed by atoms with Crippen molar-refractivity contribution in [1.29, 1.82) is 0 Å². The highest BCUT2D eigenvalue weighted by molar-refractivity contribution is 9.10. The number of benzene rings is 3. The number of imidazole rings is 2. The summed E-state index contributed by atoms with van der Waals surface area (Å²) in [5.41, 5.74) is 7.71. The molecule has 2 fully saturated rings. The maximum absolute atomic E-state index is 14.3. The van der Waals surface area contributed by atoms with Crippen molar-refractivity contribution in [1.82, 2.24) is 39.8 Å². The number of nitrogens with one attached hydrogen (secondary N) is 5. The van der Waals surface area contributed by atoms with Crippen molar-refractivity contribution in [3.8, 4) is 28.3 Å². The first-order valence-electron chi connectivity index (χ1n) is 22.1. The lowest BCUT2D eigenvalue weighted by Crippen LogP contribution is -2.29. The number of hydrogen-bond acceptors (Lipinski definition) is 12. The van der Waals surface area contributed by atoms with Crippen LogP contribution in [0.25, 0.3) is 33.8 Å². The number of hydrogen-bond donors (Lipinski definition) is 7. The molecule has 18 heteroatoms. The molecule has 9 rings (SSSR count). The molecule has 350 valence electrons. The highest BCUT2D eigenvalue weighted by Gasteiger charge is 2.26. The van der Waals surface area contributed by atoms with Gasteiger partial charge in [-0.25, -0.2) is 23.4 Å². The average Bonchev–Trinajstić information content (AvgIpc) is 4.18. The molecule has 67 heavy (non-hydrogen) atoms. The molecular weight excluding hydrogens is 922 g/mol. The molecule has 0 atom stereocenters. The molecule has 0 aliphatic heterocycles. The van der Waals surface area contributed by atoms with Crippen molar-refractivity contribution >= 4 is 61.9 Å². The van der Waals surface area contributed by atoms with Crippen molar-refractivity contribution in [2.75, 3.05) is 36.1 Å². The van der Waals surface area contributed by atoms with Gasteiger partial charge in [0.25, 0.3) is 11.8 Å². The SMILES string of the molecule is COc1ccc(Nc2cc(NCC(C)(C)O)c3ncc(-c4ccc(C(=O)NC5CC5)c(C)c4)n3n2)cc1F.Cc1cc(-c2cnc3c(NCC(C)(C)O)cc(Br)nn23)ccc1C(=O)NC1CC1. The van der Waals surface area contributed by atoms with E-state index in [4.69, 9.17) is 9.84 Å². The largest absolute Gasteiger partial charge is 0.494 e. The summed E-state index contributed by atoms with van der Waals surface area (Å²) in [6, 6.07) is 20.2. The van der Waals surface area contributed by atoms with Crippen LogP contribution in [0, 0.1) is 19.7 Å². The molecule has 2 saturated carbocycles. The summed E-state index contributed by atoms with van der Waals surface area (Å²) in [5.74, 6) is 0.00565. The van der Waals surface area contributed by atoms with Crippen molar-refractivity contribution in [2.24, 2.45) is 0 Å². The second-order valence-electron chi connectivity index (χ2n) is 18.4. The molecule has 2 amide bonds. The summed E-state index contributed by atoms with van der Waals surface area (Å²) in [4.78, 5) is 34.1. The second-order valence-corrected chi connectivity index (χ2v) is 19.3. The quantitative estimate of drug-likeness (QED) is 0.0520. The molecule has 0 radical (unpaired) electrons. The van der Waals surface area contributed by atoms with Crippen LogP contribution >= 0.6 is 15.9 Å². The van der Waals surface area contributed by atoms with Gasteiger partial charge in [-0.1, -0.05) is 12.1 Å². The van der Waals surface area contributed by atoms with Crippen molar-refractivity contribution in [2.45, 2.75) is 90.5 Å². The van der Waals surface area contributed by atoms with Gasteiger partial charge in [-0.05, 0) is 137 Å². The third kappa shape index (κ3) is 11.5. The molecule has 2 aliphatic rings. The van der Waals surface area contributed by atoms with Crippen LogP contribution in [0.1, 0.15) is 85.2 Å². The zero-order chi connectivity index (χ0) is 47.8. The minimum atomic E-state index is -0.962. The molecule has 3 aromatic carbocycles. The van der Waals surface area contributed by atoms with E-state index in [0.29, 0.717) is 62.5 Å². The van der Waals surface area contributed by atoms with E-state index >= 15 is 0 Å². The fraction of sp³-hybridized carbons (Fsp3) is 0.347. The van der Waals surface area contributed by atoms with E-state index in [0.717, 1.165) is 59.3 Å². The summed E-state index contributed by atoms with van der Waals surface area (Å²) in [7, 11) is 1.41. The topological polar surface area (TPSA) is 204 Å². The number of fused-ring (bicyclic) bond motifs is 2. The number of anilines is 4. The molecule has 0 spiro atoms. The molecule has 4 aromatic heterocycles. The number of carbonyl (C=O) groups excluding carboxylic acids is 2. The zero-order valence-electron chi connectivity index (χ0n) is 38.5. The Morgan fingerprint density at radius 3 is 1.67 bits per heavy atom. The van der Waals surface area contributed by atoms with Gasteiger partial charge in [0.1, 0.15) is 4.60 Å². The van der Waals surface area contributed by atoms with Crippen LogP contribution in [0.5, 0.6) is 5.75 Å². The number of aliphatic hydroxyl groups is 2. The van der Waals surface area contributed by atoms with Crippen molar-refractivity contribution in [3.05, 3.63) is 112 Å². The lowest BCUT2D eigenvalue weighted by atomic mass is 10.0. The molecule has 7 N–H and O–H groups in total. The van der Waals surface area contributed by atoms with Crippen LogP contribution in [-0.2, 0) is 0 Å². The van der Waals surface area contributed by atoms with E-state index in [-0.39, 0.29) is 30.2 Å². The smallest absolute Gasteiger partial charge is 0.251 e. The first-order chi connectivity index (χ1) is 31.8. The second kappa shape index (κ2) is 18.9. The normalized spacial score (nSPS) is 13.8. The Hall–Kier alpha value is -6.63. The van der Waals surface area contributed by atoms with Gasteiger partial charge in [-0.3, -0.25) is 9.59 Å². The predicted molar refractivity (Wildman–Crippen MR) is 261 cm³/mol. The minimum absolute atomic E-state index is 0.0198. The Labute approximate surface area is 395 Å². The van der Waals surface area contributed by atoms with Crippen LogP contribution in [-0.4, -0.2) is 94.7 Å². The number of aromatic nitrogens is 6. The van der Waals surface area contributed by atoms with Gasteiger partial charge in [0.2, 0.25) is 0 Å². The number of amides is 2. The van der Waals surface area contributed by atoms with E-state index in [1.54, 1.807) is 61.3 Å². The summed E-state index contributed by atoms with van der Waals surface area (Å²) < 4.78 is 23.4. The van der Waals surface area contributed by atoms with Crippen molar-refractivity contribution < 1.29 is 28.9 Å². The van der Waals surface area contributed by atoms with E-state index < -0.39 is 17.0 Å². The van der Waals surface area contributed by atoms with E-state index in [1.807, 2.05) is 56.3 Å². The van der Waals surface area contributed by atoms with Gasteiger partial charge in [-0.15, -0.1) is 5.10 Å². The fourth-order valence-electron chi connectivity index (χ4n) is 7.27. The zero-order valence-corrected chi connectivity index (χ0v) is 40.0. The van der Waals surface area contributed by atoms with Gasteiger partial charge in [0, 0.05) is 65.2 Å². The maximum atomic E-state index is 14.3. The Balaban J connectivity index is 0.000000188. The predicted octanol–water partition coefficient (Wildman–Crippen LogP) is 8.21. The van der Waals surface area contributed by atoms with Crippen LogP contribution < -0.4 is 31.3 Å². The number of rotatable bonds is 15. The van der Waals surface area contributed by atoms with E-state index in [2.05, 4.69) is 57.6 Å². The summed E-state index contributed by atoms with van der Waals surface area (Å²) in [6.07, 6.45) is 7.67. The summed E-state index contributed by atoms with van der Waals surface area (Å²) in [5, 5.41) is 45.2. The standard InChI is InChI=1S/C28H31FN6O3.C21H24BrN5O2/c1-16-11-17(5-9-20(16)27(36)33-18-6-7-18)23-14-30-26-22(31-15-28(2,3)37)13-25(34-35(23)26)32-19-8-10-24(38-4)21(29)12-19;1-12-8-13(4-7-15(12)20(28)25-14-5-6-14)17-10-23-19-16(24-11-21(2,3)29)9-18(22)26-27(17)19/h5,8-14,18,31,37H,6-7,15H2,1-4H3,(H,32,34)(H,33,36);4,7-10,14,24,29H,5-6,11H2,1-3H3,(H,25,28). The maximum Gasteiger partial charge on any atom is 0.251 e. The Morgan fingerprint density at radius 1 is 0.731 bits per heavy atom. The molecule has 0 unspecified atom stereocenters. The Morgan fingerprint density at radius 2 is 1.22 bits per heavy atom. The number of nitrogens with zero attached hydrogens (tertiary/aromatic N) is 6. The van der Waals surface area contributed by atoms with E-state index in [1.165, 1.54) is 19.2 Å². The lowest BCUT2D eigenvalue weighted by molar-refractivity contribution is 0.0939.